The number of piperidine rings is 1. The maximum atomic E-state index is 11.5. The first-order chi connectivity index (χ1) is 64.3. The third-order valence-electron chi connectivity index (χ3n) is 19.4. The number of aryl methyl sites for hydroxylation is 3. The number of nitriles is 1. The number of anilines is 2. The Morgan fingerprint density at radius 2 is 1.29 bits per heavy atom. The molecule has 5 aromatic heterocycles. The van der Waals surface area contributed by atoms with Crippen LogP contribution in [0, 0.1) is 62.2 Å². The SMILES string of the molecule is C#Cc1ccc(-c2ccccc2)nc1.CC#CCSc1ccccc1C(=O)OC.CC(=O)Nc1ccc(C)cc1Cl.CCCN1CCC(Cc2ccccc2)CC1.COC(=O)c1ccccc1-n1cccc1.CSc1ccc(O)cc1.Cc1ccc(-c2ccco2)cc1.Cc1ccc(-c2cnco2)cc1.N#CCOc1ccc(C2=NCCS2)cc1.Nc1cccc(-c2ccsc2)c1. The molecule has 0 spiro atoms. The second-order valence-electron chi connectivity index (χ2n) is 29.3. The number of amides is 1. The van der Waals surface area contributed by atoms with E-state index < -0.39 is 0 Å². The lowest BCUT2D eigenvalue weighted by Gasteiger charge is -2.31. The van der Waals surface area contributed by atoms with Gasteiger partial charge in [0.05, 0.1) is 70.7 Å². The topological polar surface area (TPSA) is 234 Å². The molecule has 17 rings (SSSR count). The highest BCUT2D eigenvalue weighted by Gasteiger charge is 2.19. The van der Waals surface area contributed by atoms with E-state index in [9.17, 15) is 14.4 Å². The van der Waals surface area contributed by atoms with Crippen LogP contribution in [-0.4, -0.2) is 112 Å². The number of oxazole rings is 1. The molecule has 0 bridgehead atoms. The number of carbonyl (C=O) groups is 3. The summed E-state index contributed by atoms with van der Waals surface area (Å²) in [6, 6.07) is 95.9. The number of phenolic OH excluding ortho intramolecular Hbond substituents is 1. The number of hydrogen-bond acceptors (Lipinski definition) is 19. The third-order valence-corrected chi connectivity index (χ3v) is 23.2. The summed E-state index contributed by atoms with van der Waals surface area (Å²) in [5, 5.41) is 25.7. The van der Waals surface area contributed by atoms with Gasteiger partial charge in [-0.3, -0.25) is 14.8 Å². The molecule has 2 aliphatic heterocycles. The summed E-state index contributed by atoms with van der Waals surface area (Å²) in [5.41, 5.74) is 22.9. The molecule has 0 aliphatic carbocycles. The third kappa shape index (κ3) is 37.7. The summed E-state index contributed by atoms with van der Waals surface area (Å²) in [5.74, 6) is 13.0. The number of rotatable bonds is 18. The second kappa shape index (κ2) is 59.4. The van der Waals surface area contributed by atoms with E-state index in [0.29, 0.717) is 33.3 Å². The number of esters is 2. The predicted octanol–water partition coefficient (Wildman–Crippen LogP) is 26.6. The predicted molar refractivity (Wildman–Crippen MR) is 548 cm³/mol. The highest BCUT2D eigenvalue weighted by molar-refractivity contribution is 8.14. The van der Waals surface area contributed by atoms with Gasteiger partial charge >= 0.3 is 11.9 Å². The number of nitrogens with zero attached hydrogens (tertiary/aromatic N) is 6. The zero-order valence-corrected chi connectivity index (χ0v) is 79.8. The van der Waals surface area contributed by atoms with Gasteiger partial charge in [-0.1, -0.05) is 193 Å². The summed E-state index contributed by atoms with van der Waals surface area (Å²) in [4.78, 5) is 50.8. The average Bonchev–Trinajstić information content (AvgIpc) is 1.53. The van der Waals surface area contributed by atoms with Crippen molar-refractivity contribution >= 4 is 92.5 Å². The van der Waals surface area contributed by atoms with Crippen LogP contribution in [0.15, 0.2) is 363 Å². The van der Waals surface area contributed by atoms with E-state index in [2.05, 4.69) is 153 Å². The molecule has 4 N–H and O–H groups in total. The van der Waals surface area contributed by atoms with Gasteiger partial charge in [0.25, 0.3) is 0 Å². The van der Waals surface area contributed by atoms with E-state index in [1.165, 1.54) is 106 Å². The van der Waals surface area contributed by atoms with Gasteiger partial charge in [-0.25, -0.2) is 14.6 Å². The highest BCUT2D eigenvalue weighted by Crippen LogP contribution is 2.29. The minimum Gasteiger partial charge on any atom is -0.508 e. The molecule has 132 heavy (non-hydrogen) atoms. The number of aliphatic imine (C=N–C) groups is 1. The average molecular weight is 1850 g/mol. The fourth-order valence-corrected chi connectivity index (χ4v) is 15.7. The van der Waals surface area contributed by atoms with Gasteiger partial charge in [-0.15, -0.1) is 47.6 Å². The molecule has 1 fully saturated rings. The number of carbonyl (C=O) groups excluding carboxylic acids is 3. The van der Waals surface area contributed by atoms with Crippen LogP contribution in [-0.2, 0) is 20.7 Å². The quantitative estimate of drug-likeness (QED) is 0.0313. The number of benzene rings is 10. The monoisotopic (exact) mass is 1850 g/mol. The number of methoxy groups -OCH3 is 2. The first-order valence-corrected chi connectivity index (χ1v) is 47.2. The lowest BCUT2D eigenvalue weighted by molar-refractivity contribution is -0.114. The van der Waals surface area contributed by atoms with Crippen molar-refractivity contribution in [3.05, 3.63) is 389 Å². The number of nitrogens with two attached hydrogens (primary N) is 1. The van der Waals surface area contributed by atoms with Crippen molar-refractivity contribution in [1.29, 1.82) is 5.26 Å². The van der Waals surface area contributed by atoms with Gasteiger partial charge in [-0.2, -0.15) is 16.6 Å². The first kappa shape index (κ1) is 104. The normalized spacial score (nSPS) is 11.3. The Morgan fingerprint density at radius 3 is 1.85 bits per heavy atom. The number of nitrogens with one attached hydrogen (secondary N) is 1. The Bertz CT molecular complexity index is 5940. The number of thioether (sulfide) groups is 3. The number of nitrogen functional groups attached to an aromatic ring is 1. The molecule has 17 nitrogen and oxygen atoms in total. The molecule has 0 atom stereocenters. The van der Waals surface area contributed by atoms with Crippen LogP contribution in [0.4, 0.5) is 11.4 Å². The fourth-order valence-electron chi connectivity index (χ4n) is 12.7. The lowest BCUT2D eigenvalue weighted by Crippen LogP contribution is -2.34. The van der Waals surface area contributed by atoms with E-state index in [1.807, 2.05) is 218 Å². The largest absolute Gasteiger partial charge is 0.508 e. The molecule has 0 saturated carbocycles. The Kier molecular flexibility index (Phi) is 46.6. The number of para-hydroxylation sites is 1. The summed E-state index contributed by atoms with van der Waals surface area (Å²) in [7, 11) is 2.77. The van der Waals surface area contributed by atoms with Crippen molar-refractivity contribution in [2.45, 2.75) is 77.0 Å². The Hall–Kier alpha value is -13.8. The van der Waals surface area contributed by atoms with Crippen LogP contribution in [0.5, 0.6) is 11.5 Å². The van der Waals surface area contributed by atoms with Crippen molar-refractivity contribution in [2.24, 2.45) is 10.9 Å². The van der Waals surface area contributed by atoms with Crippen molar-refractivity contribution in [2.75, 3.05) is 75.8 Å². The molecule has 0 unspecified atom stereocenters. The van der Waals surface area contributed by atoms with Crippen molar-refractivity contribution in [3.8, 4) is 92.5 Å². The minimum absolute atomic E-state index is 0.0923. The number of terminal acetylenes is 1. The number of furan rings is 1. The van der Waals surface area contributed by atoms with Crippen LogP contribution in [0.25, 0.3) is 50.7 Å². The number of aromatic hydroxyl groups is 1. The maximum Gasteiger partial charge on any atom is 0.339 e. The molecule has 10 aromatic carbocycles. The van der Waals surface area contributed by atoms with Crippen LogP contribution in [0.2, 0.25) is 5.02 Å². The molecular weight excluding hydrogens is 1740 g/mol. The number of pyridine rings is 1. The van der Waals surface area contributed by atoms with Gasteiger partial charge in [0.2, 0.25) is 5.91 Å². The van der Waals surface area contributed by atoms with E-state index in [1.54, 1.807) is 103 Å². The first-order valence-electron chi connectivity index (χ1n) is 42.6. The molecule has 0 radical (unpaired) electrons. The molecular formula is C110H111ClN8O9S4. The van der Waals surface area contributed by atoms with Gasteiger partial charge in [0.15, 0.2) is 18.8 Å². The number of phenols is 1. The van der Waals surface area contributed by atoms with E-state index >= 15 is 0 Å². The lowest BCUT2D eigenvalue weighted by atomic mass is 9.90. The second-order valence-corrected chi connectivity index (χ2v) is 33.5. The Balaban J connectivity index is 0.000000181. The van der Waals surface area contributed by atoms with Crippen molar-refractivity contribution in [1.82, 2.24) is 19.4 Å². The number of likely N-dealkylation sites (tertiary alicyclic amines) is 1. The zero-order chi connectivity index (χ0) is 94.3. The zero-order valence-electron chi connectivity index (χ0n) is 75.7. The van der Waals surface area contributed by atoms with E-state index in [4.69, 9.17) is 57.2 Å². The van der Waals surface area contributed by atoms with Crippen LogP contribution < -0.4 is 15.8 Å². The molecule has 1 amide bonds. The maximum absolute atomic E-state index is 11.5. The van der Waals surface area contributed by atoms with Crippen molar-refractivity contribution < 1.29 is 42.5 Å². The summed E-state index contributed by atoms with van der Waals surface area (Å²) >= 11 is 12.5. The standard InChI is InChI=1S/C15H23N.C13H9N.C12H11NO2.C12H12O2S.C11H10N2OS.C11H10O.C10H9NO.C10H9NS.C9H10ClNO.C7H8OS/c1-2-10-16-11-8-15(9-12-16)13-14-6-4-3-5-7-14;1-2-11-8-9-13(14-10-11)12-6-4-3-5-7-12;1-15-12(14)10-6-2-3-7-11(10)13-8-4-5-9-13;1-3-4-9-15-11-8-6-5-7-10(11)12(13)14-2;12-5-7-14-10-3-1-9(2-4-10)11-13-6-8-15-11;1-9-4-6-10(7-5-9)11-3-2-8-12-11;1-8-2-4-9(5-3-8)10-6-11-7-12-10;11-10-3-1-2-8(6-10)9-4-5-12-7-9;1-6-3-4-9(8(10)5-6)11-7(2)12;1-9-7-4-2-6(8)3-5-7/h3-7,15H,2,8-13H2,1H3;1,3-10H;2-9H,1H3;5-8H,9H2,1-2H3;1-4H,6-8H2;2-8H,1H3;2-7H,1H3;1-7H,11H2;3-5H,1-2H3,(H,11,12);2-5,8H,1H3. The minimum atomic E-state index is -0.320. The smallest absolute Gasteiger partial charge is 0.339 e. The molecule has 22 heteroatoms. The van der Waals surface area contributed by atoms with Gasteiger partial charge in [-0.05, 0) is 258 Å². The van der Waals surface area contributed by atoms with Gasteiger partial charge < -0.3 is 48.7 Å². The number of aromatic nitrogens is 3. The van der Waals surface area contributed by atoms with Crippen LogP contribution in [0.1, 0.15) is 94.1 Å². The number of hydrogen-bond donors (Lipinski definition) is 3. The summed E-state index contributed by atoms with van der Waals surface area (Å²) < 4.78 is 26.9. The van der Waals surface area contributed by atoms with Crippen LogP contribution in [0.3, 0.4) is 0 Å². The summed E-state index contributed by atoms with van der Waals surface area (Å²) in [6.07, 6.45) is 22.9. The Morgan fingerprint density at radius 1 is 0.659 bits per heavy atom. The number of ether oxygens (including phenoxy) is 3. The fraction of sp³-hybridized carbons (Fsp3) is 0.191. The van der Waals surface area contributed by atoms with Crippen molar-refractivity contribution in [3.63, 3.8) is 0 Å². The highest BCUT2D eigenvalue weighted by atomic mass is 35.5. The Labute approximate surface area is 799 Å². The summed E-state index contributed by atoms with van der Waals surface area (Å²) in [6.45, 7) is 16.5. The molecule has 1 saturated heterocycles. The number of halogens is 1. The molecule has 15 aromatic rings. The molecule has 2 aliphatic rings. The molecule has 676 valence electrons. The van der Waals surface area contributed by atoms with Gasteiger partial charge in [0.1, 0.15) is 23.3 Å². The number of thiophene rings is 1. The van der Waals surface area contributed by atoms with E-state index in [-0.39, 0.29) is 24.5 Å². The molecule has 7 heterocycles. The van der Waals surface area contributed by atoms with Gasteiger partial charge in [0, 0.05) is 81.1 Å². The van der Waals surface area contributed by atoms with E-state index in [0.717, 1.165) is 95.9 Å². The van der Waals surface area contributed by atoms with Crippen LogP contribution >= 0.6 is 58.2 Å².